The first-order valence-corrected chi connectivity index (χ1v) is 11.9. The zero-order valence-corrected chi connectivity index (χ0v) is 18.7. The minimum Gasteiger partial charge on any atom is -0.450 e. The predicted molar refractivity (Wildman–Crippen MR) is 116 cm³/mol. The molecule has 0 saturated carbocycles. The molecule has 0 fully saturated rings. The lowest BCUT2D eigenvalue weighted by molar-refractivity contribution is 0.0769. The highest BCUT2D eigenvalue weighted by molar-refractivity contribution is 7.91. The predicted octanol–water partition coefficient (Wildman–Crippen LogP) is 4.29. The first kappa shape index (κ1) is 21.1. The average molecular weight is 432 g/mol. The number of nitrogens with one attached hydrogen (secondary N) is 1. The zero-order valence-electron chi connectivity index (χ0n) is 17.9. The number of hydrogen-bond donors (Lipinski definition) is 3. The fraction of sp³-hybridized carbons (Fsp3) is 0.500. The lowest BCUT2D eigenvalue weighted by Gasteiger charge is -2.16. The second kappa shape index (κ2) is 7.21. The van der Waals surface area contributed by atoms with E-state index in [2.05, 4.69) is 22.7 Å². The highest BCUT2D eigenvalue weighted by atomic mass is 32.2. The van der Waals surface area contributed by atoms with Gasteiger partial charge in [0.15, 0.2) is 9.92 Å². The molecule has 0 radical (unpaired) electrons. The van der Waals surface area contributed by atoms with Gasteiger partial charge >= 0.3 is 6.03 Å². The van der Waals surface area contributed by atoms with E-state index in [0.29, 0.717) is 17.2 Å². The Bertz CT molecular complexity index is 1150. The third-order valence-corrected chi connectivity index (χ3v) is 7.41. The molecule has 4 rings (SSSR count). The Morgan fingerprint density at radius 3 is 2.70 bits per heavy atom. The van der Waals surface area contributed by atoms with Gasteiger partial charge in [-0.3, -0.25) is 0 Å². The molecule has 1 aromatic heterocycles. The Labute approximate surface area is 177 Å². The molecule has 1 aromatic carbocycles. The van der Waals surface area contributed by atoms with Crippen molar-refractivity contribution < 1.29 is 18.5 Å². The fourth-order valence-electron chi connectivity index (χ4n) is 4.69. The third kappa shape index (κ3) is 3.68. The van der Waals surface area contributed by atoms with Crippen molar-refractivity contribution in [2.24, 2.45) is 9.50 Å². The van der Waals surface area contributed by atoms with Gasteiger partial charge in [-0.05, 0) is 81.0 Å². The van der Waals surface area contributed by atoms with Crippen molar-refractivity contribution >= 4 is 21.6 Å². The molecule has 0 unspecified atom stereocenters. The highest BCUT2D eigenvalue weighted by Gasteiger charge is 2.29. The molecule has 2 aliphatic rings. The van der Waals surface area contributed by atoms with Gasteiger partial charge < -0.3 is 14.8 Å². The largest absolute Gasteiger partial charge is 0.450 e. The van der Waals surface area contributed by atoms with E-state index in [4.69, 9.17) is 9.56 Å². The molecule has 0 spiro atoms. The van der Waals surface area contributed by atoms with Crippen molar-refractivity contribution in [3.8, 4) is 0 Å². The summed E-state index contributed by atoms with van der Waals surface area (Å²) in [5.41, 5.74) is 4.98. The van der Waals surface area contributed by atoms with Crippen LogP contribution >= 0.6 is 0 Å². The molecule has 8 heteroatoms. The van der Waals surface area contributed by atoms with E-state index in [1.807, 2.05) is 0 Å². The summed E-state index contributed by atoms with van der Waals surface area (Å²) in [5, 5.41) is 18.9. The van der Waals surface area contributed by atoms with E-state index >= 15 is 0 Å². The van der Waals surface area contributed by atoms with E-state index in [-0.39, 0.29) is 5.09 Å². The SMILES string of the molecule is Cc1oc([S@@](N)(=O)=NC(=O)Nc2c3c(cc4c2CC[C@@H]4C)CCC3)cc1C(C)(C)O. The molecule has 2 aromatic rings. The molecule has 0 saturated heterocycles. The number of amides is 2. The van der Waals surface area contributed by atoms with Gasteiger partial charge in [0.2, 0.25) is 5.09 Å². The van der Waals surface area contributed by atoms with Crippen LogP contribution in [-0.4, -0.2) is 15.3 Å². The monoisotopic (exact) mass is 431 g/mol. The van der Waals surface area contributed by atoms with Crippen molar-refractivity contribution in [2.75, 3.05) is 5.32 Å². The Morgan fingerprint density at radius 1 is 1.30 bits per heavy atom. The van der Waals surface area contributed by atoms with E-state index in [9.17, 15) is 14.1 Å². The molecule has 0 bridgehead atoms. The van der Waals surface area contributed by atoms with E-state index in [1.54, 1.807) is 20.8 Å². The number of urea groups is 1. The molecule has 0 aliphatic heterocycles. The molecule has 162 valence electrons. The highest BCUT2D eigenvalue weighted by Crippen LogP contribution is 2.43. The van der Waals surface area contributed by atoms with Crippen LogP contribution in [0.2, 0.25) is 0 Å². The molecule has 2 amide bonds. The molecule has 2 aliphatic carbocycles. The van der Waals surface area contributed by atoms with Gasteiger partial charge in [0, 0.05) is 17.3 Å². The van der Waals surface area contributed by atoms with Crippen molar-refractivity contribution in [1.82, 2.24) is 0 Å². The maximum absolute atomic E-state index is 13.0. The minimum atomic E-state index is -3.60. The third-order valence-electron chi connectivity index (χ3n) is 6.19. The maximum Gasteiger partial charge on any atom is 0.354 e. The first-order chi connectivity index (χ1) is 14.0. The maximum atomic E-state index is 13.0. The topological polar surface area (TPSA) is 118 Å². The molecule has 30 heavy (non-hydrogen) atoms. The van der Waals surface area contributed by atoms with Gasteiger partial charge in [0.25, 0.3) is 0 Å². The number of rotatable bonds is 3. The van der Waals surface area contributed by atoms with E-state index in [1.165, 1.54) is 17.2 Å². The Kier molecular flexibility index (Phi) is 5.07. The summed E-state index contributed by atoms with van der Waals surface area (Å²) in [4.78, 5) is 12.7. The van der Waals surface area contributed by atoms with Crippen molar-refractivity contribution in [3.05, 3.63) is 45.7 Å². The molecule has 7 nitrogen and oxygen atoms in total. The second-order valence-electron chi connectivity index (χ2n) is 8.93. The van der Waals surface area contributed by atoms with E-state index in [0.717, 1.165) is 48.9 Å². The number of aryl methyl sites for hydroxylation is 2. The Hall–Kier alpha value is -2.16. The number of carbonyl (C=O) groups is 1. The molecular weight excluding hydrogens is 402 g/mol. The quantitative estimate of drug-likeness (QED) is 0.672. The normalized spacial score (nSPS) is 19.9. The van der Waals surface area contributed by atoms with Crippen molar-refractivity contribution in [3.63, 3.8) is 0 Å². The summed E-state index contributed by atoms with van der Waals surface area (Å²) in [7, 11) is -3.60. The minimum absolute atomic E-state index is 0.121. The van der Waals surface area contributed by atoms with Crippen LogP contribution in [0.15, 0.2) is 26.0 Å². The summed E-state index contributed by atoms with van der Waals surface area (Å²) < 4.78 is 22.2. The summed E-state index contributed by atoms with van der Waals surface area (Å²) in [5.74, 6) is 0.850. The lowest BCUT2D eigenvalue weighted by Crippen LogP contribution is -2.19. The van der Waals surface area contributed by atoms with Crippen LogP contribution in [0.3, 0.4) is 0 Å². The smallest absolute Gasteiger partial charge is 0.354 e. The van der Waals surface area contributed by atoms with Gasteiger partial charge in [-0.15, -0.1) is 4.36 Å². The van der Waals surface area contributed by atoms with Crippen LogP contribution in [0, 0.1) is 6.92 Å². The zero-order chi connectivity index (χ0) is 21.8. The van der Waals surface area contributed by atoms with Crippen LogP contribution in [-0.2, 0) is 34.8 Å². The summed E-state index contributed by atoms with van der Waals surface area (Å²) in [6.45, 7) is 7.03. The summed E-state index contributed by atoms with van der Waals surface area (Å²) in [6, 6.07) is 2.95. The van der Waals surface area contributed by atoms with Crippen LogP contribution in [0.1, 0.15) is 73.1 Å². The van der Waals surface area contributed by atoms with Gasteiger partial charge in [0.1, 0.15) is 5.76 Å². The van der Waals surface area contributed by atoms with Crippen molar-refractivity contribution in [2.45, 2.75) is 76.4 Å². The number of benzene rings is 1. The standard InChI is InChI=1S/C22H29N3O4S/c1-12-8-9-16-17(12)10-14-6-5-7-15(14)20(16)24-21(26)25-30(23,28)19-11-18(13(2)29-19)22(3,4)27/h10-12,27H,5-9H2,1-4H3,(H3,23,24,25,26,28)/t12-,30-/m0/s1. The number of nitrogens with two attached hydrogens (primary N) is 1. The molecule has 2 atom stereocenters. The number of aliphatic hydroxyl groups is 1. The number of anilines is 1. The van der Waals surface area contributed by atoms with Crippen LogP contribution in [0.4, 0.5) is 10.5 Å². The van der Waals surface area contributed by atoms with Gasteiger partial charge in [-0.2, -0.15) is 0 Å². The first-order valence-electron chi connectivity index (χ1n) is 10.3. The number of furan rings is 1. The van der Waals surface area contributed by atoms with Crippen molar-refractivity contribution in [1.29, 1.82) is 0 Å². The fourth-order valence-corrected chi connectivity index (χ4v) is 5.61. The van der Waals surface area contributed by atoms with Crippen LogP contribution < -0.4 is 10.5 Å². The van der Waals surface area contributed by atoms with Crippen LogP contribution in [0.25, 0.3) is 0 Å². The van der Waals surface area contributed by atoms with Gasteiger partial charge in [-0.1, -0.05) is 13.0 Å². The number of nitrogens with zero attached hydrogens (tertiary/aromatic N) is 1. The number of carbonyl (C=O) groups excluding carboxylic acids is 1. The summed E-state index contributed by atoms with van der Waals surface area (Å²) in [6.07, 6.45) is 4.94. The van der Waals surface area contributed by atoms with Gasteiger partial charge in [0.05, 0.1) is 5.60 Å². The molecule has 1 heterocycles. The average Bonchev–Trinajstić information content (AvgIpc) is 3.33. The Balaban J connectivity index is 1.68. The molecule has 4 N–H and O–H groups in total. The lowest BCUT2D eigenvalue weighted by atomic mass is 9.96. The van der Waals surface area contributed by atoms with E-state index < -0.39 is 21.5 Å². The number of hydrogen-bond acceptors (Lipinski definition) is 4. The molecular formula is C22H29N3O4S. The Morgan fingerprint density at radius 2 is 2.03 bits per heavy atom. The van der Waals surface area contributed by atoms with Crippen LogP contribution in [0.5, 0.6) is 0 Å². The number of fused-ring (bicyclic) bond motifs is 2. The van der Waals surface area contributed by atoms with Gasteiger partial charge in [-0.25, -0.2) is 14.1 Å². The summed E-state index contributed by atoms with van der Waals surface area (Å²) >= 11 is 0. The second-order valence-corrected chi connectivity index (χ2v) is 10.7.